The van der Waals surface area contributed by atoms with Crippen molar-refractivity contribution in [3.63, 3.8) is 0 Å². The standard InChI is InChI=1S/C24H25N7/c1-18(28-23-12-13-26-17-27-23)31-15-7-3-6-14-30(2)22-11-10-21(29-24(22)31)20-9-5-4-8-19(20)16-25/h4-5,8-13,17H,1,3,6-7,14-15H2,2H3,(H,26,27,28). The Bertz CT molecular complexity index is 1100. The summed E-state index contributed by atoms with van der Waals surface area (Å²) in [5.74, 6) is 2.20. The number of hydrogen-bond acceptors (Lipinski definition) is 7. The SMILES string of the molecule is C=C(Nc1ccncn1)N1CCCCCN(C)c2ccc(-c3ccccc3C#N)nc21. The van der Waals surface area contributed by atoms with Crippen LogP contribution < -0.4 is 15.1 Å². The Labute approximate surface area is 182 Å². The molecule has 2 aromatic heterocycles. The van der Waals surface area contributed by atoms with E-state index in [0.29, 0.717) is 17.2 Å². The number of nitrogens with zero attached hydrogens (tertiary/aromatic N) is 6. The van der Waals surface area contributed by atoms with Crippen LogP contribution >= 0.6 is 0 Å². The maximum absolute atomic E-state index is 9.55. The van der Waals surface area contributed by atoms with Crippen LogP contribution in [-0.2, 0) is 0 Å². The fourth-order valence-electron chi connectivity index (χ4n) is 3.76. The lowest BCUT2D eigenvalue weighted by molar-refractivity contribution is 0.677. The molecular weight excluding hydrogens is 386 g/mol. The molecule has 0 amide bonds. The van der Waals surface area contributed by atoms with Crippen LogP contribution in [0.3, 0.4) is 0 Å². The molecule has 1 aliphatic rings. The lowest BCUT2D eigenvalue weighted by Gasteiger charge is -2.30. The van der Waals surface area contributed by atoms with E-state index in [1.54, 1.807) is 6.20 Å². The first-order chi connectivity index (χ1) is 15.2. The van der Waals surface area contributed by atoms with Crippen molar-refractivity contribution < 1.29 is 0 Å². The van der Waals surface area contributed by atoms with E-state index in [2.05, 4.69) is 50.8 Å². The molecule has 7 nitrogen and oxygen atoms in total. The molecule has 0 atom stereocenters. The Morgan fingerprint density at radius 3 is 2.74 bits per heavy atom. The summed E-state index contributed by atoms with van der Waals surface area (Å²) in [6.07, 6.45) is 6.47. The predicted octanol–water partition coefficient (Wildman–Crippen LogP) is 4.42. The molecular formula is C24H25N7. The highest BCUT2D eigenvalue weighted by Gasteiger charge is 2.22. The fraction of sp³-hybridized carbons (Fsp3) is 0.250. The van der Waals surface area contributed by atoms with Gasteiger partial charge in [0.25, 0.3) is 0 Å². The van der Waals surface area contributed by atoms with Gasteiger partial charge >= 0.3 is 0 Å². The molecule has 0 saturated heterocycles. The Morgan fingerprint density at radius 1 is 1.10 bits per heavy atom. The minimum atomic E-state index is 0.607. The third kappa shape index (κ3) is 4.48. The van der Waals surface area contributed by atoms with E-state index in [1.807, 2.05) is 36.4 Å². The van der Waals surface area contributed by atoms with E-state index in [0.717, 1.165) is 55.1 Å². The van der Waals surface area contributed by atoms with Crippen LogP contribution in [0.4, 0.5) is 17.3 Å². The van der Waals surface area contributed by atoms with Crippen LogP contribution in [-0.4, -0.2) is 35.1 Å². The van der Waals surface area contributed by atoms with Gasteiger partial charge in [0.05, 0.1) is 23.0 Å². The van der Waals surface area contributed by atoms with Gasteiger partial charge < -0.3 is 15.1 Å². The van der Waals surface area contributed by atoms with Gasteiger partial charge in [-0.05, 0) is 43.5 Å². The van der Waals surface area contributed by atoms with E-state index in [9.17, 15) is 5.26 Å². The summed E-state index contributed by atoms with van der Waals surface area (Å²) in [5, 5.41) is 12.8. The topological polar surface area (TPSA) is 81.0 Å². The summed E-state index contributed by atoms with van der Waals surface area (Å²) in [4.78, 5) is 17.6. The van der Waals surface area contributed by atoms with Crippen LogP contribution in [0.15, 0.2) is 67.4 Å². The first-order valence-electron chi connectivity index (χ1n) is 10.4. The minimum absolute atomic E-state index is 0.607. The van der Waals surface area contributed by atoms with Crippen LogP contribution in [0.25, 0.3) is 11.3 Å². The number of aromatic nitrogens is 3. The molecule has 0 fully saturated rings. The van der Waals surface area contributed by atoms with Crippen molar-refractivity contribution in [2.24, 2.45) is 0 Å². The summed E-state index contributed by atoms with van der Waals surface area (Å²) < 4.78 is 0. The first kappa shape index (κ1) is 20.4. The number of nitrogens with one attached hydrogen (secondary N) is 1. The molecule has 7 heteroatoms. The average molecular weight is 412 g/mol. The van der Waals surface area contributed by atoms with E-state index < -0.39 is 0 Å². The summed E-state index contributed by atoms with van der Waals surface area (Å²) >= 11 is 0. The zero-order valence-electron chi connectivity index (χ0n) is 17.6. The van der Waals surface area contributed by atoms with E-state index in [4.69, 9.17) is 4.98 Å². The largest absolute Gasteiger partial charge is 0.372 e. The quantitative estimate of drug-likeness (QED) is 0.680. The van der Waals surface area contributed by atoms with E-state index in [-0.39, 0.29) is 0 Å². The number of fused-ring (bicyclic) bond motifs is 1. The van der Waals surface area contributed by atoms with Crippen LogP contribution in [0.1, 0.15) is 24.8 Å². The van der Waals surface area contributed by atoms with Gasteiger partial charge in [0.1, 0.15) is 18.0 Å². The molecule has 0 bridgehead atoms. The fourth-order valence-corrected chi connectivity index (χ4v) is 3.76. The minimum Gasteiger partial charge on any atom is -0.372 e. The van der Waals surface area contributed by atoms with Crippen molar-refractivity contribution in [3.8, 4) is 17.3 Å². The van der Waals surface area contributed by atoms with Crippen molar-refractivity contribution in [1.82, 2.24) is 15.0 Å². The first-order valence-corrected chi connectivity index (χ1v) is 10.4. The second kappa shape index (κ2) is 9.26. The Balaban J connectivity index is 1.78. The maximum atomic E-state index is 9.55. The number of rotatable bonds is 4. The molecule has 0 radical (unpaired) electrons. The molecule has 0 saturated carbocycles. The van der Waals surface area contributed by atoms with Crippen molar-refractivity contribution in [2.45, 2.75) is 19.3 Å². The number of pyridine rings is 1. The molecule has 0 spiro atoms. The number of benzene rings is 1. The number of hydrogen-bond donors (Lipinski definition) is 1. The molecule has 1 N–H and O–H groups in total. The lowest BCUT2D eigenvalue weighted by Crippen LogP contribution is -2.30. The molecule has 3 heterocycles. The van der Waals surface area contributed by atoms with Gasteiger partial charge in [0.15, 0.2) is 5.82 Å². The van der Waals surface area contributed by atoms with Crippen molar-refractivity contribution in [1.29, 1.82) is 5.26 Å². The Hall–Kier alpha value is -3.92. The smallest absolute Gasteiger partial charge is 0.158 e. The molecule has 4 rings (SSSR count). The summed E-state index contributed by atoms with van der Waals surface area (Å²) in [5.41, 5.74) is 3.23. The normalized spacial score (nSPS) is 13.9. The summed E-state index contributed by atoms with van der Waals surface area (Å²) in [7, 11) is 2.09. The third-order valence-corrected chi connectivity index (χ3v) is 5.40. The monoisotopic (exact) mass is 411 g/mol. The van der Waals surface area contributed by atoms with Crippen molar-refractivity contribution >= 4 is 17.3 Å². The van der Waals surface area contributed by atoms with Gasteiger partial charge in [-0.25, -0.2) is 15.0 Å². The third-order valence-electron chi connectivity index (χ3n) is 5.40. The molecule has 31 heavy (non-hydrogen) atoms. The number of anilines is 3. The zero-order chi connectivity index (χ0) is 21.6. The van der Waals surface area contributed by atoms with Gasteiger partial charge in [-0.1, -0.05) is 24.8 Å². The van der Waals surface area contributed by atoms with E-state index >= 15 is 0 Å². The van der Waals surface area contributed by atoms with Gasteiger partial charge in [0, 0.05) is 31.9 Å². The molecule has 1 aliphatic heterocycles. The summed E-state index contributed by atoms with van der Waals surface area (Å²) in [6.45, 7) is 6.03. The van der Waals surface area contributed by atoms with Gasteiger partial charge in [-0.2, -0.15) is 5.26 Å². The predicted molar refractivity (Wildman–Crippen MR) is 124 cm³/mol. The highest BCUT2D eigenvalue weighted by atomic mass is 15.3. The maximum Gasteiger partial charge on any atom is 0.158 e. The molecule has 3 aromatic rings. The Kier molecular flexibility index (Phi) is 6.08. The highest BCUT2D eigenvalue weighted by molar-refractivity contribution is 5.76. The summed E-state index contributed by atoms with van der Waals surface area (Å²) in [6, 6.07) is 15.7. The van der Waals surface area contributed by atoms with Crippen molar-refractivity contribution in [2.75, 3.05) is 35.3 Å². The second-order valence-corrected chi connectivity index (χ2v) is 7.50. The van der Waals surface area contributed by atoms with Gasteiger partial charge in [-0.3, -0.25) is 0 Å². The van der Waals surface area contributed by atoms with Gasteiger partial charge in [0.2, 0.25) is 0 Å². The highest BCUT2D eigenvalue weighted by Crippen LogP contribution is 2.34. The molecule has 156 valence electrons. The van der Waals surface area contributed by atoms with Crippen LogP contribution in [0, 0.1) is 11.3 Å². The zero-order valence-corrected chi connectivity index (χ0v) is 17.6. The molecule has 0 aliphatic carbocycles. The van der Waals surface area contributed by atoms with Crippen molar-refractivity contribution in [3.05, 3.63) is 73.0 Å². The van der Waals surface area contributed by atoms with E-state index in [1.165, 1.54) is 6.33 Å². The van der Waals surface area contributed by atoms with Crippen LogP contribution in [0.2, 0.25) is 0 Å². The molecule has 0 unspecified atom stereocenters. The molecule has 1 aromatic carbocycles. The lowest BCUT2D eigenvalue weighted by atomic mass is 10.0. The second-order valence-electron chi connectivity index (χ2n) is 7.50. The van der Waals surface area contributed by atoms with Gasteiger partial charge in [-0.15, -0.1) is 0 Å². The Morgan fingerprint density at radius 2 is 1.94 bits per heavy atom. The van der Waals surface area contributed by atoms with Crippen LogP contribution in [0.5, 0.6) is 0 Å². The average Bonchev–Trinajstić information content (AvgIpc) is 2.88. The number of nitriles is 1.